The van der Waals surface area contributed by atoms with Crippen molar-refractivity contribution in [3.63, 3.8) is 0 Å². The number of carbonyl (C=O) groups is 1. The maximum absolute atomic E-state index is 10.9. The van der Waals surface area contributed by atoms with Crippen LogP contribution in [0.4, 0.5) is 0 Å². The zero-order valence-corrected chi connectivity index (χ0v) is 10.8. The van der Waals surface area contributed by atoms with Gasteiger partial charge in [0.25, 0.3) is 0 Å². The van der Waals surface area contributed by atoms with Gasteiger partial charge in [0, 0.05) is 4.47 Å². The van der Waals surface area contributed by atoms with E-state index in [1.807, 2.05) is 25.1 Å². The second-order valence-corrected chi connectivity index (χ2v) is 5.01. The molecule has 0 amide bonds. The number of hydrogen-bond donors (Lipinski definition) is 1. The Balaban J connectivity index is 2.54. The Bertz CT molecular complexity index is 551. The molecule has 0 aliphatic rings. The number of rotatable bonds is 2. The predicted molar refractivity (Wildman–Crippen MR) is 66.9 cm³/mol. The SMILES string of the molecule is Cc1ccc(-c2scnc2C(=O)O)cc1Br. The van der Waals surface area contributed by atoms with E-state index in [9.17, 15) is 4.79 Å². The standard InChI is InChI=1S/C11H8BrNO2S/c1-6-2-3-7(4-8(6)12)10-9(11(14)15)13-5-16-10/h2-5H,1H3,(H,14,15). The Hall–Kier alpha value is -1.20. The van der Waals surface area contributed by atoms with Crippen LogP contribution in [-0.2, 0) is 0 Å². The van der Waals surface area contributed by atoms with Gasteiger partial charge in [0.05, 0.1) is 10.4 Å². The molecule has 0 unspecified atom stereocenters. The van der Waals surface area contributed by atoms with Crippen LogP contribution in [0.25, 0.3) is 10.4 Å². The monoisotopic (exact) mass is 297 g/mol. The van der Waals surface area contributed by atoms with Gasteiger partial charge in [-0.15, -0.1) is 11.3 Å². The van der Waals surface area contributed by atoms with Crippen molar-refractivity contribution in [1.82, 2.24) is 4.98 Å². The lowest BCUT2D eigenvalue weighted by atomic mass is 10.1. The molecule has 0 saturated heterocycles. The number of carboxylic acids is 1. The summed E-state index contributed by atoms with van der Waals surface area (Å²) in [5.41, 5.74) is 3.65. The molecule has 2 rings (SSSR count). The lowest BCUT2D eigenvalue weighted by molar-refractivity contribution is 0.0692. The molecule has 0 atom stereocenters. The number of carboxylic acid groups (broad SMARTS) is 1. The molecular weight excluding hydrogens is 290 g/mol. The molecule has 3 nitrogen and oxygen atoms in total. The summed E-state index contributed by atoms with van der Waals surface area (Å²) in [6, 6.07) is 5.76. The molecule has 0 spiro atoms. The third kappa shape index (κ3) is 2.01. The number of thiazole rings is 1. The van der Waals surface area contributed by atoms with Crippen LogP contribution >= 0.6 is 27.3 Å². The molecule has 0 bridgehead atoms. The van der Waals surface area contributed by atoms with Gasteiger partial charge in [-0.05, 0) is 24.1 Å². The van der Waals surface area contributed by atoms with E-state index >= 15 is 0 Å². The summed E-state index contributed by atoms with van der Waals surface area (Å²) >= 11 is 4.76. The normalized spacial score (nSPS) is 10.4. The molecule has 5 heteroatoms. The van der Waals surface area contributed by atoms with Crippen LogP contribution in [0.15, 0.2) is 28.2 Å². The lowest BCUT2D eigenvalue weighted by Gasteiger charge is -2.02. The van der Waals surface area contributed by atoms with Gasteiger partial charge in [-0.2, -0.15) is 0 Å². The van der Waals surface area contributed by atoms with Crippen LogP contribution < -0.4 is 0 Å². The summed E-state index contributed by atoms with van der Waals surface area (Å²) in [6.45, 7) is 1.98. The first-order valence-corrected chi connectivity index (χ1v) is 6.20. The van der Waals surface area contributed by atoms with Gasteiger partial charge in [-0.1, -0.05) is 28.1 Å². The van der Waals surface area contributed by atoms with Gasteiger partial charge >= 0.3 is 5.97 Å². The molecule has 1 heterocycles. The van der Waals surface area contributed by atoms with E-state index in [1.165, 1.54) is 11.3 Å². The molecule has 82 valence electrons. The van der Waals surface area contributed by atoms with Crippen LogP contribution in [0, 0.1) is 6.92 Å². The highest BCUT2D eigenvalue weighted by atomic mass is 79.9. The Morgan fingerprint density at radius 2 is 2.25 bits per heavy atom. The predicted octanol–water partition coefficient (Wildman–Crippen LogP) is 3.58. The van der Waals surface area contributed by atoms with Crippen LogP contribution in [0.2, 0.25) is 0 Å². The minimum Gasteiger partial charge on any atom is -0.476 e. The Kier molecular flexibility index (Phi) is 3.07. The minimum atomic E-state index is -0.993. The zero-order chi connectivity index (χ0) is 11.7. The third-order valence-corrected chi connectivity index (χ3v) is 3.93. The Morgan fingerprint density at radius 1 is 1.50 bits per heavy atom. The van der Waals surface area contributed by atoms with Crippen molar-refractivity contribution in [2.45, 2.75) is 6.92 Å². The summed E-state index contributed by atoms with van der Waals surface area (Å²) in [4.78, 5) is 15.5. The first kappa shape index (κ1) is 11.3. The van der Waals surface area contributed by atoms with Gasteiger partial charge in [-0.3, -0.25) is 0 Å². The fraction of sp³-hybridized carbons (Fsp3) is 0.0909. The van der Waals surface area contributed by atoms with E-state index in [1.54, 1.807) is 5.51 Å². The molecule has 2 aromatic rings. The van der Waals surface area contributed by atoms with Gasteiger partial charge < -0.3 is 5.11 Å². The molecule has 0 saturated carbocycles. The van der Waals surface area contributed by atoms with Crippen molar-refractivity contribution in [3.05, 3.63) is 39.4 Å². The molecule has 16 heavy (non-hydrogen) atoms. The number of aromatic nitrogens is 1. The first-order chi connectivity index (χ1) is 7.59. The smallest absolute Gasteiger partial charge is 0.356 e. The van der Waals surface area contributed by atoms with Crippen LogP contribution in [0.1, 0.15) is 16.1 Å². The van der Waals surface area contributed by atoms with Crippen molar-refractivity contribution >= 4 is 33.2 Å². The van der Waals surface area contributed by atoms with E-state index in [-0.39, 0.29) is 5.69 Å². The van der Waals surface area contributed by atoms with Gasteiger partial charge in [0.2, 0.25) is 0 Å². The van der Waals surface area contributed by atoms with Crippen LogP contribution in [-0.4, -0.2) is 16.1 Å². The maximum Gasteiger partial charge on any atom is 0.356 e. The molecule has 0 aliphatic carbocycles. The second kappa shape index (κ2) is 4.35. The fourth-order valence-electron chi connectivity index (χ4n) is 1.34. The highest BCUT2D eigenvalue weighted by Gasteiger charge is 2.15. The molecule has 0 radical (unpaired) electrons. The third-order valence-electron chi connectivity index (χ3n) is 2.20. The Labute approximate surface area is 105 Å². The number of nitrogens with zero attached hydrogens (tertiary/aromatic N) is 1. The average molecular weight is 298 g/mol. The van der Waals surface area contributed by atoms with E-state index in [4.69, 9.17) is 5.11 Å². The highest BCUT2D eigenvalue weighted by Crippen LogP contribution is 2.30. The topological polar surface area (TPSA) is 50.2 Å². The highest BCUT2D eigenvalue weighted by molar-refractivity contribution is 9.10. The quantitative estimate of drug-likeness (QED) is 0.922. The van der Waals surface area contributed by atoms with Crippen molar-refractivity contribution in [2.24, 2.45) is 0 Å². The van der Waals surface area contributed by atoms with Crippen molar-refractivity contribution in [2.75, 3.05) is 0 Å². The van der Waals surface area contributed by atoms with Gasteiger partial charge in [0.1, 0.15) is 0 Å². The number of hydrogen-bond acceptors (Lipinski definition) is 3. The lowest BCUT2D eigenvalue weighted by Crippen LogP contribution is -1.98. The first-order valence-electron chi connectivity index (χ1n) is 4.53. The van der Waals surface area contributed by atoms with Crippen molar-refractivity contribution < 1.29 is 9.90 Å². The molecule has 1 aromatic carbocycles. The van der Waals surface area contributed by atoms with Crippen LogP contribution in [0.5, 0.6) is 0 Å². The second-order valence-electron chi connectivity index (χ2n) is 3.30. The average Bonchev–Trinajstić information content (AvgIpc) is 2.71. The number of benzene rings is 1. The van der Waals surface area contributed by atoms with E-state index in [0.717, 1.165) is 15.6 Å². The van der Waals surface area contributed by atoms with Crippen molar-refractivity contribution in [1.29, 1.82) is 0 Å². The molecule has 0 fully saturated rings. The summed E-state index contributed by atoms with van der Waals surface area (Å²) in [7, 11) is 0. The van der Waals surface area contributed by atoms with E-state index in [2.05, 4.69) is 20.9 Å². The summed E-state index contributed by atoms with van der Waals surface area (Å²) < 4.78 is 0.967. The summed E-state index contributed by atoms with van der Waals surface area (Å²) in [5.74, 6) is -0.993. The fourth-order valence-corrected chi connectivity index (χ4v) is 2.49. The van der Waals surface area contributed by atoms with Gasteiger partial charge in [-0.25, -0.2) is 9.78 Å². The van der Waals surface area contributed by atoms with Crippen molar-refractivity contribution in [3.8, 4) is 10.4 Å². The van der Waals surface area contributed by atoms with E-state index in [0.29, 0.717) is 4.88 Å². The van der Waals surface area contributed by atoms with E-state index < -0.39 is 5.97 Å². The van der Waals surface area contributed by atoms with Gasteiger partial charge in [0.15, 0.2) is 5.69 Å². The largest absolute Gasteiger partial charge is 0.476 e. The minimum absolute atomic E-state index is 0.112. The summed E-state index contributed by atoms with van der Waals surface area (Å²) in [5, 5.41) is 8.97. The zero-order valence-electron chi connectivity index (χ0n) is 8.40. The molecule has 0 aliphatic heterocycles. The number of aromatic carboxylic acids is 1. The number of halogens is 1. The van der Waals surface area contributed by atoms with Crippen LogP contribution in [0.3, 0.4) is 0 Å². The number of aryl methyl sites for hydroxylation is 1. The molecule has 1 N–H and O–H groups in total. The summed E-state index contributed by atoms with van der Waals surface area (Å²) in [6.07, 6.45) is 0. The molecule has 1 aromatic heterocycles. The maximum atomic E-state index is 10.9. The molecular formula is C11H8BrNO2S. The Morgan fingerprint density at radius 3 is 2.88 bits per heavy atom.